The Labute approximate surface area is 131 Å². The van der Waals surface area contributed by atoms with E-state index in [1.54, 1.807) is 0 Å². The van der Waals surface area contributed by atoms with Crippen molar-refractivity contribution in [2.24, 2.45) is 11.7 Å². The van der Waals surface area contributed by atoms with Gasteiger partial charge in [-0.15, -0.1) is 0 Å². The fourth-order valence-electron chi connectivity index (χ4n) is 2.87. The Morgan fingerprint density at radius 3 is 2.77 bits per heavy atom. The predicted molar refractivity (Wildman–Crippen MR) is 82.8 cm³/mol. The number of hydrogen-bond acceptors (Lipinski definition) is 5. The summed E-state index contributed by atoms with van der Waals surface area (Å²) in [6, 6.07) is 6.12. The lowest BCUT2D eigenvalue weighted by atomic mass is 9.85. The first-order valence-electron chi connectivity index (χ1n) is 7.32. The van der Waals surface area contributed by atoms with Crippen LogP contribution in [0, 0.1) is 17.2 Å². The van der Waals surface area contributed by atoms with Crippen LogP contribution in [0.25, 0.3) is 0 Å². The van der Waals surface area contributed by atoms with E-state index >= 15 is 0 Å². The van der Waals surface area contributed by atoms with Crippen LogP contribution in [0.15, 0.2) is 23.1 Å². The fraction of sp³-hybridized carbons (Fsp3) is 0.533. The highest BCUT2D eigenvalue weighted by molar-refractivity contribution is 7.89. The van der Waals surface area contributed by atoms with Gasteiger partial charge in [-0.05, 0) is 43.5 Å². The maximum atomic E-state index is 12.6. The molecule has 1 aliphatic rings. The molecule has 120 valence electrons. The number of rotatable bonds is 5. The van der Waals surface area contributed by atoms with Crippen LogP contribution in [0.2, 0.25) is 0 Å². The van der Waals surface area contributed by atoms with Crippen LogP contribution in [-0.4, -0.2) is 28.1 Å². The molecule has 0 aliphatic heterocycles. The van der Waals surface area contributed by atoms with Crippen molar-refractivity contribution in [3.05, 3.63) is 23.8 Å². The highest BCUT2D eigenvalue weighted by Gasteiger charge is 2.30. The molecule has 0 radical (unpaired) electrons. The Balaban J connectivity index is 2.28. The van der Waals surface area contributed by atoms with E-state index in [9.17, 15) is 8.42 Å². The summed E-state index contributed by atoms with van der Waals surface area (Å²) in [5, 5.41) is 8.89. The zero-order valence-electron chi connectivity index (χ0n) is 12.6. The normalized spacial score (nSPS) is 22.0. The molecule has 1 saturated carbocycles. The van der Waals surface area contributed by atoms with E-state index in [4.69, 9.17) is 15.7 Å². The summed E-state index contributed by atoms with van der Waals surface area (Å²) in [6.45, 7) is 0.470. The van der Waals surface area contributed by atoms with Gasteiger partial charge in [0.05, 0.1) is 18.7 Å². The average Bonchev–Trinajstić information content (AvgIpc) is 2.54. The minimum absolute atomic E-state index is 0.0512. The number of nitriles is 1. The summed E-state index contributed by atoms with van der Waals surface area (Å²) in [6.07, 6.45) is 3.81. The number of benzene rings is 1. The Hall–Kier alpha value is -1.62. The molecule has 1 aromatic rings. The molecule has 6 nitrogen and oxygen atoms in total. The van der Waals surface area contributed by atoms with Gasteiger partial charge in [0, 0.05) is 6.04 Å². The van der Waals surface area contributed by atoms with Crippen LogP contribution in [0.5, 0.6) is 5.75 Å². The van der Waals surface area contributed by atoms with Gasteiger partial charge in [0.25, 0.3) is 0 Å². The minimum Gasteiger partial charge on any atom is -0.495 e. The van der Waals surface area contributed by atoms with Crippen molar-refractivity contribution < 1.29 is 13.2 Å². The molecule has 2 atom stereocenters. The highest BCUT2D eigenvalue weighted by Crippen LogP contribution is 2.28. The fourth-order valence-corrected chi connectivity index (χ4v) is 4.36. The first-order chi connectivity index (χ1) is 10.5. The van der Waals surface area contributed by atoms with E-state index in [0.29, 0.717) is 12.1 Å². The molecule has 0 spiro atoms. The third-order valence-corrected chi connectivity index (χ3v) is 5.63. The van der Waals surface area contributed by atoms with Crippen LogP contribution in [0.1, 0.15) is 31.2 Å². The van der Waals surface area contributed by atoms with Crippen molar-refractivity contribution in [3.63, 3.8) is 0 Å². The SMILES string of the molecule is COc1cc(C#N)ccc1S(=O)(=O)NC1CCCCC1CN. The Morgan fingerprint density at radius 2 is 2.14 bits per heavy atom. The number of methoxy groups -OCH3 is 1. The van der Waals surface area contributed by atoms with Gasteiger partial charge < -0.3 is 10.5 Å². The molecule has 1 aliphatic carbocycles. The number of ether oxygens (including phenoxy) is 1. The van der Waals surface area contributed by atoms with Gasteiger partial charge >= 0.3 is 0 Å². The monoisotopic (exact) mass is 323 g/mol. The number of hydrogen-bond donors (Lipinski definition) is 2. The topological polar surface area (TPSA) is 105 Å². The van der Waals surface area contributed by atoms with Gasteiger partial charge in [0.15, 0.2) is 0 Å². The molecule has 0 heterocycles. The van der Waals surface area contributed by atoms with Crippen molar-refractivity contribution in [1.82, 2.24) is 4.72 Å². The minimum atomic E-state index is -3.71. The van der Waals surface area contributed by atoms with E-state index < -0.39 is 10.0 Å². The van der Waals surface area contributed by atoms with Crippen LogP contribution in [0.4, 0.5) is 0 Å². The average molecular weight is 323 g/mol. The Kier molecular flexibility index (Phi) is 5.40. The molecular formula is C15H21N3O3S. The quantitative estimate of drug-likeness (QED) is 0.851. The standard InChI is InChI=1S/C15H21N3O3S/c1-21-14-8-11(9-16)6-7-15(14)22(19,20)18-13-5-3-2-4-12(13)10-17/h6-8,12-13,18H,2-5,10,17H2,1H3. The largest absolute Gasteiger partial charge is 0.495 e. The second-order valence-electron chi connectivity index (χ2n) is 5.49. The first kappa shape index (κ1) is 16.7. The summed E-state index contributed by atoms with van der Waals surface area (Å²) < 4.78 is 33.1. The number of nitrogens with zero attached hydrogens (tertiary/aromatic N) is 1. The molecule has 1 fully saturated rings. The summed E-state index contributed by atoms with van der Waals surface area (Å²) in [7, 11) is -2.32. The molecule has 0 aromatic heterocycles. The number of nitrogens with two attached hydrogens (primary N) is 1. The zero-order valence-corrected chi connectivity index (χ0v) is 13.4. The van der Waals surface area contributed by atoms with Crippen molar-refractivity contribution in [1.29, 1.82) is 5.26 Å². The lowest BCUT2D eigenvalue weighted by Gasteiger charge is -2.31. The molecule has 0 saturated heterocycles. The van der Waals surface area contributed by atoms with Gasteiger partial charge in [-0.25, -0.2) is 13.1 Å². The smallest absolute Gasteiger partial charge is 0.244 e. The maximum Gasteiger partial charge on any atom is 0.244 e. The van der Waals surface area contributed by atoms with Gasteiger partial charge in [0.2, 0.25) is 10.0 Å². The van der Waals surface area contributed by atoms with E-state index in [-0.39, 0.29) is 22.6 Å². The summed E-state index contributed by atoms with van der Waals surface area (Å²) >= 11 is 0. The summed E-state index contributed by atoms with van der Waals surface area (Å²) in [5.74, 6) is 0.333. The van der Waals surface area contributed by atoms with E-state index in [2.05, 4.69) is 4.72 Å². The molecular weight excluding hydrogens is 302 g/mol. The second-order valence-corrected chi connectivity index (χ2v) is 7.17. The van der Waals surface area contributed by atoms with Crippen LogP contribution >= 0.6 is 0 Å². The van der Waals surface area contributed by atoms with Crippen molar-refractivity contribution in [3.8, 4) is 11.8 Å². The first-order valence-corrected chi connectivity index (χ1v) is 8.80. The van der Waals surface area contributed by atoms with Crippen LogP contribution in [0.3, 0.4) is 0 Å². The maximum absolute atomic E-state index is 12.6. The van der Waals surface area contributed by atoms with Crippen molar-refractivity contribution >= 4 is 10.0 Å². The molecule has 7 heteroatoms. The van der Waals surface area contributed by atoms with Crippen molar-refractivity contribution in [2.45, 2.75) is 36.6 Å². The van der Waals surface area contributed by atoms with Crippen LogP contribution in [-0.2, 0) is 10.0 Å². The number of sulfonamides is 1. The molecule has 2 rings (SSSR count). The van der Waals surface area contributed by atoms with Crippen LogP contribution < -0.4 is 15.2 Å². The van der Waals surface area contributed by atoms with Crippen molar-refractivity contribution in [2.75, 3.05) is 13.7 Å². The third-order valence-electron chi connectivity index (χ3n) is 4.10. The lowest BCUT2D eigenvalue weighted by molar-refractivity contribution is 0.295. The predicted octanol–water partition coefficient (Wildman–Crippen LogP) is 1.36. The lowest BCUT2D eigenvalue weighted by Crippen LogP contribution is -2.44. The van der Waals surface area contributed by atoms with Gasteiger partial charge in [0.1, 0.15) is 10.6 Å². The van der Waals surface area contributed by atoms with Gasteiger partial charge in [-0.1, -0.05) is 12.8 Å². The van der Waals surface area contributed by atoms with E-state index in [0.717, 1.165) is 25.7 Å². The molecule has 1 aromatic carbocycles. The summed E-state index contributed by atoms with van der Waals surface area (Å²) in [4.78, 5) is 0.0512. The van der Waals surface area contributed by atoms with Gasteiger partial charge in [-0.2, -0.15) is 5.26 Å². The molecule has 0 amide bonds. The van der Waals surface area contributed by atoms with Gasteiger partial charge in [-0.3, -0.25) is 0 Å². The molecule has 0 bridgehead atoms. The summed E-state index contributed by atoms with van der Waals surface area (Å²) in [5.41, 5.74) is 6.10. The Morgan fingerprint density at radius 1 is 1.41 bits per heavy atom. The zero-order chi connectivity index (χ0) is 16.2. The van der Waals surface area contributed by atoms with E-state index in [1.165, 1.54) is 25.3 Å². The number of nitrogens with one attached hydrogen (secondary N) is 1. The molecule has 3 N–H and O–H groups in total. The highest BCUT2D eigenvalue weighted by atomic mass is 32.2. The third kappa shape index (κ3) is 3.58. The Bertz CT molecular complexity index is 667. The molecule has 22 heavy (non-hydrogen) atoms. The van der Waals surface area contributed by atoms with E-state index in [1.807, 2.05) is 6.07 Å². The second kappa shape index (κ2) is 7.09. The molecule has 2 unspecified atom stereocenters.